The second-order valence-corrected chi connectivity index (χ2v) is 17.7. The fourth-order valence-corrected chi connectivity index (χ4v) is 3.29. The fraction of sp³-hybridized carbons (Fsp3) is 0.878. The Hall–Kier alpha value is -0.780. The summed E-state index contributed by atoms with van der Waals surface area (Å²) in [7, 11) is 0. The van der Waals surface area contributed by atoms with Crippen LogP contribution in [-0.4, -0.2) is 0 Å². The lowest BCUT2D eigenvalue weighted by atomic mass is 9.84. The van der Waals surface area contributed by atoms with Gasteiger partial charge in [-0.25, -0.2) is 0 Å². The van der Waals surface area contributed by atoms with E-state index in [9.17, 15) is 0 Å². The van der Waals surface area contributed by atoms with E-state index < -0.39 is 0 Å². The van der Waals surface area contributed by atoms with Crippen molar-refractivity contribution in [3.8, 4) is 0 Å². The molecule has 0 N–H and O–H groups in total. The van der Waals surface area contributed by atoms with Crippen molar-refractivity contribution in [1.82, 2.24) is 0 Å². The number of rotatable bonds is 12. The Kier molecular flexibility index (Phi) is 49.2. The van der Waals surface area contributed by atoms with Gasteiger partial charge in [-0.05, 0) is 59.2 Å². The van der Waals surface area contributed by atoms with E-state index in [1.165, 1.54) is 69.8 Å². The zero-order valence-corrected chi connectivity index (χ0v) is 39.5. The van der Waals surface area contributed by atoms with Crippen molar-refractivity contribution in [2.45, 2.75) is 230 Å². The molecule has 0 bridgehead atoms. The van der Waals surface area contributed by atoms with Gasteiger partial charge in [0.05, 0.1) is 0 Å². The predicted octanol–water partition coefficient (Wildman–Crippen LogP) is 18.6. The van der Waals surface area contributed by atoms with Crippen LogP contribution in [0, 0.1) is 59.2 Å². The van der Waals surface area contributed by atoms with Crippen LogP contribution in [0.4, 0.5) is 0 Å². The maximum absolute atomic E-state index is 2.31. The summed E-state index contributed by atoms with van der Waals surface area (Å²) in [6.07, 6.45) is 13.4. The third kappa shape index (κ3) is 54.2. The SMILES string of the molecule is CC(C)C(C)(C)C.CCC(C)(C)CC.CCC(C)C(C)C.CCC(C)C(C)C.CCC(CC)CC.CCCC(C)CC.Cc1ccccc1. The second-order valence-electron chi connectivity index (χ2n) is 17.7. The lowest BCUT2D eigenvalue weighted by molar-refractivity contribution is 0.283. The summed E-state index contributed by atoms with van der Waals surface area (Å²) in [5.41, 5.74) is 2.41. The highest BCUT2D eigenvalue weighted by Crippen LogP contribution is 2.24. The van der Waals surface area contributed by atoms with Gasteiger partial charge in [0, 0.05) is 0 Å². The summed E-state index contributed by atoms with van der Waals surface area (Å²) >= 11 is 0. The van der Waals surface area contributed by atoms with Gasteiger partial charge in [0.25, 0.3) is 0 Å². The first-order valence-electron chi connectivity index (χ1n) is 21.5. The van der Waals surface area contributed by atoms with Gasteiger partial charge in [0.15, 0.2) is 0 Å². The van der Waals surface area contributed by atoms with E-state index in [4.69, 9.17) is 0 Å². The van der Waals surface area contributed by atoms with Crippen LogP contribution in [-0.2, 0) is 0 Å². The maximum atomic E-state index is 2.31. The first kappa shape index (κ1) is 60.3. The molecule has 0 saturated heterocycles. The van der Waals surface area contributed by atoms with E-state index in [0.717, 1.165) is 41.4 Å². The molecule has 0 saturated carbocycles. The van der Waals surface area contributed by atoms with Gasteiger partial charge < -0.3 is 0 Å². The topological polar surface area (TPSA) is 0 Å². The third-order valence-electron chi connectivity index (χ3n) is 11.4. The molecule has 0 aliphatic carbocycles. The van der Waals surface area contributed by atoms with Gasteiger partial charge in [-0.3, -0.25) is 0 Å². The Bertz CT molecular complexity index is 649. The molecule has 0 aliphatic heterocycles. The molecule has 0 fully saturated rings. The van der Waals surface area contributed by atoms with Crippen molar-refractivity contribution in [2.24, 2.45) is 52.3 Å². The minimum Gasteiger partial charge on any atom is -0.0654 e. The quantitative estimate of drug-likeness (QED) is 0.204. The second kappa shape index (κ2) is 40.0. The Morgan fingerprint density at radius 1 is 0.490 bits per heavy atom. The molecule has 0 amide bonds. The molecular formula is C49H104. The molecule has 0 aromatic heterocycles. The van der Waals surface area contributed by atoms with E-state index in [1.54, 1.807) is 0 Å². The molecule has 1 aromatic rings. The van der Waals surface area contributed by atoms with Crippen molar-refractivity contribution >= 4 is 0 Å². The van der Waals surface area contributed by atoms with Crippen LogP contribution < -0.4 is 0 Å². The normalized spacial score (nSPS) is 12.6. The standard InChI is InChI=1S/C7H8.6C7H16/c1-7-5-3-2-4-6-7;1-6(2)7(3,4)5;1-5-7(3,4)6-2;2*1-5-7(4)6(2)3;1-4-6-7(3)5-2;1-4-7(5-2)6-3/h2-6H,1H3;6H,1-5H3;5-6H2,1-4H3;2*6-7H,5H2,1-4H3;2*7H,4-6H2,1-3H3. The van der Waals surface area contributed by atoms with Gasteiger partial charge in [0.2, 0.25) is 0 Å². The highest BCUT2D eigenvalue weighted by Gasteiger charge is 2.13. The van der Waals surface area contributed by atoms with Crippen LogP contribution in [0.1, 0.15) is 229 Å². The number of hydrogen-bond acceptors (Lipinski definition) is 0. The van der Waals surface area contributed by atoms with E-state index in [1.807, 2.05) is 18.2 Å². The Morgan fingerprint density at radius 2 is 0.816 bits per heavy atom. The molecular weight excluding hydrogens is 589 g/mol. The lowest BCUT2D eigenvalue weighted by Gasteiger charge is -2.22. The van der Waals surface area contributed by atoms with Crippen molar-refractivity contribution < 1.29 is 0 Å². The summed E-state index contributed by atoms with van der Waals surface area (Å²) < 4.78 is 0. The van der Waals surface area contributed by atoms with Crippen LogP contribution in [0.2, 0.25) is 0 Å². The van der Waals surface area contributed by atoms with Crippen molar-refractivity contribution in [1.29, 1.82) is 0 Å². The van der Waals surface area contributed by atoms with Crippen LogP contribution in [0.3, 0.4) is 0 Å². The van der Waals surface area contributed by atoms with Crippen molar-refractivity contribution in [3.63, 3.8) is 0 Å². The van der Waals surface area contributed by atoms with Crippen molar-refractivity contribution in [2.75, 3.05) is 0 Å². The first-order chi connectivity index (χ1) is 22.5. The Morgan fingerprint density at radius 3 is 0.878 bits per heavy atom. The molecule has 0 aliphatic rings. The fourth-order valence-electron chi connectivity index (χ4n) is 3.29. The smallest absolute Gasteiger partial charge is 0.0359 e. The summed E-state index contributed by atoms with van der Waals surface area (Å²) in [4.78, 5) is 0. The lowest BCUT2D eigenvalue weighted by Crippen LogP contribution is -2.12. The Balaban J connectivity index is -0.000000110. The van der Waals surface area contributed by atoms with E-state index in [2.05, 4.69) is 178 Å². The minimum atomic E-state index is 0.500. The minimum absolute atomic E-state index is 0.500. The molecule has 49 heavy (non-hydrogen) atoms. The summed E-state index contributed by atoms with van der Waals surface area (Å²) in [6, 6.07) is 10.3. The summed E-state index contributed by atoms with van der Waals surface area (Å²) in [6.45, 7) is 54.2. The van der Waals surface area contributed by atoms with E-state index in [0.29, 0.717) is 10.8 Å². The molecule has 0 heteroatoms. The largest absolute Gasteiger partial charge is 0.0654 e. The van der Waals surface area contributed by atoms with Crippen molar-refractivity contribution in [3.05, 3.63) is 35.9 Å². The average Bonchev–Trinajstić information content (AvgIpc) is 3.06. The Labute approximate surface area is 317 Å². The van der Waals surface area contributed by atoms with Gasteiger partial charge in [0.1, 0.15) is 0 Å². The molecule has 0 spiro atoms. The predicted molar refractivity (Wildman–Crippen MR) is 237 cm³/mol. The van der Waals surface area contributed by atoms with E-state index in [-0.39, 0.29) is 0 Å². The molecule has 0 nitrogen and oxygen atoms in total. The van der Waals surface area contributed by atoms with Gasteiger partial charge >= 0.3 is 0 Å². The highest BCUT2D eigenvalue weighted by atomic mass is 14.2. The van der Waals surface area contributed by atoms with Crippen LogP contribution in [0.5, 0.6) is 0 Å². The van der Waals surface area contributed by atoms with Crippen LogP contribution in [0.15, 0.2) is 30.3 Å². The molecule has 0 radical (unpaired) electrons. The molecule has 300 valence electrons. The average molecular weight is 693 g/mol. The third-order valence-corrected chi connectivity index (χ3v) is 11.4. The molecule has 3 unspecified atom stereocenters. The van der Waals surface area contributed by atoms with Gasteiger partial charge in [-0.1, -0.05) is 259 Å². The molecule has 0 heterocycles. The maximum Gasteiger partial charge on any atom is -0.0359 e. The molecule has 1 aromatic carbocycles. The highest BCUT2D eigenvalue weighted by molar-refractivity contribution is 5.11. The first-order valence-corrected chi connectivity index (χ1v) is 21.5. The van der Waals surface area contributed by atoms with Gasteiger partial charge in [-0.2, -0.15) is 0 Å². The summed E-state index contributed by atoms with van der Waals surface area (Å²) in [5, 5.41) is 0. The van der Waals surface area contributed by atoms with E-state index >= 15 is 0 Å². The zero-order valence-electron chi connectivity index (χ0n) is 39.5. The number of hydrogen-bond donors (Lipinski definition) is 0. The molecule has 3 atom stereocenters. The monoisotopic (exact) mass is 693 g/mol. The summed E-state index contributed by atoms with van der Waals surface area (Å²) in [5.74, 6) is 6.27. The van der Waals surface area contributed by atoms with Crippen LogP contribution >= 0.6 is 0 Å². The zero-order chi connectivity index (χ0) is 40.2. The van der Waals surface area contributed by atoms with Crippen LogP contribution in [0.25, 0.3) is 0 Å². The van der Waals surface area contributed by atoms with Gasteiger partial charge in [-0.15, -0.1) is 0 Å². The molecule has 1 rings (SSSR count). The number of benzene rings is 1. The number of aryl methyl sites for hydroxylation is 1.